The van der Waals surface area contributed by atoms with E-state index in [1.807, 2.05) is 30.2 Å². The van der Waals surface area contributed by atoms with E-state index in [2.05, 4.69) is 22.3 Å². The number of rotatable bonds is 5. The van der Waals surface area contributed by atoms with E-state index in [4.69, 9.17) is 4.74 Å². The summed E-state index contributed by atoms with van der Waals surface area (Å²) in [5.74, 6) is 0. The van der Waals surface area contributed by atoms with Crippen molar-refractivity contribution in [2.75, 3.05) is 39.8 Å². The summed E-state index contributed by atoms with van der Waals surface area (Å²) in [7, 11) is 1.81. The molecule has 0 bridgehead atoms. The Hall–Kier alpha value is -1.59. The van der Waals surface area contributed by atoms with Crippen molar-refractivity contribution >= 4 is 6.03 Å². The number of urea groups is 1. The monoisotopic (exact) mass is 345 g/mol. The van der Waals surface area contributed by atoms with Crippen molar-refractivity contribution in [3.05, 3.63) is 35.9 Å². The van der Waals surface area contributed by atoms with Gasteiger partial charge in [-0.25, -0.2) is 4.79 Å². The third-order valence-corrected chi connectivity index (χ3v) is 5.61. The van der Waals surface area contributed by atoms with E-state index in [0.29, 0.717) is 18.7 Å². The van der Waals surface area contributed by atoms with Crippen LogP contribution in [0, 0.1) is 0 Å². The average molecular weight is 345 g/mol. The topological polar surface area (TPSA) is 44.8 Å². The van der Waals surface area contributed by atoms with Crippen LogP contribution in [0.25, 0.3) is 0 Å². The number of likely N-dealkylation sites (tertiary alicyclic amines) is 2. The second kappa shape index (κ2) is 9.20. The molecule has 5 nitrogen and oxygen atoms in total. The van der Waals surface area contributed by atoms with E-state index in [1.165, 1.54) is 5.56 Å². The van der Waals surface area contributed by atoms with Gasteiger partial charge in [0, 0.05) is 45.9 Å². The van der Waals surface area contributed by atoms with Gasteiger partial charge in [-0.1, -0.05) is 30.3 Å². The number of benzene rings is 1. The number of amides is 2. The van der Waals surface area contributed by atoms with E-state index < -0.39 is 0 Å². The molecule has 0 saturated carbocycles. The molecule has 1 N–H and O–H groups in total. The largest absolute Gasteiger partial charge is 0.381 e. The molecule has 0 aliphatic carbocycles. The smallest absolute Gasteiger partial charge is 0.317 e. The molecule has 5 heteroatoms. The van der Waals surface area contributed by atoms with Gasteiger partial charge < -0.3 is 19.9 Å². The number of nitrogens with one attached hydrogen (secondary N) is 1. The van der Waals surface area contributed by atoms with Crippen LogP contribution < -0.4 is 5.32 Å². The molecule has 2 aliphatic heterocycles. The highest BCUT2D eigenvalue weighted by atomic mass is 16.5. The molecule has 2 saturated heterocycles. The first-order chi connectivity index (χ1) is 12.3. The lowest BCUT2D eigenvalue weighted by atomic mass is 9.99. The molecule has 2 heterocycles. The van der Waals surface area contributed by atoms with Crippen molar-refractivity contribution in [2.45, 2.75) is 44.2 Å². The molecule has 138 valence electrons. The Balaban J connectivity index is 1.35. The summed E-state index contributed by atoms with van der Waals surface area (Å²) in [5, 5.41) is 3.07. The summed E-state index contributed by atoms with van der Waals surface area (Å²) in [6, 6.07) is 11.0. The van der Waals surface area contributed by atoms with Crippen LogP contribution in [-0.4, -0.2) is 67.8 Å². The van der Waals surface area contributed by atoms with Gasteiger partial charge >= 0.3 is 6.03 Å². The third kappa shape index (κ3) is 5.19. The van der Waals surface area contributed by atoms with Crippen molar-refractivity contribution in [2.24, 2.45) is 0 Å². The third-order valence-electron chi connectivity index (χ3n) is 5.61. The van der Waals surface area contributed by atoms with Gasteiger partial charge in [0.1, 0.15) is 0 Å². The van der Waals surface area contributed by atoms with Gasteiger partial charge in [-0.3, -0.25) is 0 Å². The molecule has 2 amide bonds. The van der Waals surface area contributed by atoms with E-state index in [1.54, 1.807) is 0 Å². The van der Waals surface area contributed by atoms with E-state index in [9.17, 15) is 4.79 Å². The molecule has 0 unspecified atom stereocenters. The maximum atomic E-state index is 12.3. The quantitative estimate of drug-likeness (QED) is 0.892. The second-order valence-electron chi connectivity index (χ2n) is 7.16. The Labute approximate surface area is 151 Å². The summed E-state index contributed by atoms with van der Waals surface area (Å²) in [4.78, 5) is 16.9. The SMILES string of the molecule is COC1CCN(C2CCN(C(=O)NCCc3ccccc3)CC2)CC1. The van der Waals surface area contributed by atoms with Gasteiger partial charge in [-0.15, -0.1) is 0 Å². The Morgan fingerprint density at radius 3 is 2.40 bits per heavy atom. The number of nitrogens with zero attached hydrogens (tertiary/aromatic N) is 2. The van der Waals surface area contributed by atoms with Crippen LogP contribution >= 0.6 is 0 Å². The lowest BCUT2D eigenvalue weighted by Gasteiger charge is -2.41. The Bertz CT molecular complexity index is 521. The first kappa shape index (κ1) is 18.2. The molecule has 2 aliphatic rings. The summed E-state index contributed by atoms with van der Waals surface area (Å²) in [5.41, 5.74) is 1.26. The lowest BCUT2D eigenvalue weighted by Crippen LogP contribution is -2.51. The molecule has 0 spiro atoms. The van der Waals surface area contributed by atoms with Crippen molar-refractivity contribution < 1.29 is 9.53 Å². The maximum Gasteiger partial charge on any atom is 0.317 e. The fraction of sp³-hybridized carbons (Fsp3) is 0.650. The molecule has 1 aromatic carbocycles. The second-order valence-corrected chi connectivity index (χ2v) is 7.16. The summed E-state index contributed by atoms with van der Waals surface area (Å²) < 4.78 is 5.46. The highest BCUT2D eigenvalue weighted by Gasteiger charge is 2.29. The maximum absolute atomic E-state index is 12.3. The van der Waals surface area contributed by atoms with Crippen molar-refractivity contribution in [1.82, 2.24) is 15.1 Å². The molecule has 0 atom stereocenters. The molecular weight excluding hydrogens is 314 g/mol. The molecule has 3 rings (SSSR count). The zero-order valence-electron chi connectivity index (χ0n) is 15.3. The average Bonchev–Trinajstić information content (AvgIpc) is 2.69. The first-order valence-electron chi connectivity index (χ1n) is 9.60. The number of methoxy groups -OCH3 is 1. The molecular formula is C20H31N3O2. The predicted molar refractivity (Wildman–Crippen MR) is 99.7 cm³/mol. The van der Waals surface area contributed by atoms with Crippen molar-refractivity contribution in [3.63, 3.8) is 0 Å². The van der Waals surface area contributed by atoms with Gasteiger partial charge in [-0.2, -0.15) is 0 Å². The minimum absolute atomic E-state index is 0.0903. The first-order valence-corrected chi connectivity index (χ1v) is 9.60. The van der Waals surface area contributed by atoms with Crippen LogP contribution in [0.2, 0.25) is 0 Å². The zero-order chi connectivity index (χ0) is 17.5. The number of carbonyl (C=O) groups excluding carboxylic acids is 1. The Morgan fingerprint density at radius 1 is 1.08 bits per heavy atom. The lowest BCUT2D eigenvalue weighted by molar-refractivity contribution is 0.0170. The molecule has 25 heavy (non-hydrogen) atoms. The van der Waals surface area contributed by atoms with Gasteiger partial charge in [-0.05, 0) is 37.7 Å². The fourth-order valence-corrected chi connectivity index (χ4v) is 3.98. The molecule has 2 fully saturated rings. The van der Waals surface area contributed by atoms with Crippen LogP contribution in [0.3, 0.4) is 0 Å². The minimum Gasteiger partial charge on any atom is -0.381 e. The van der Waals surface area contributed by atoms with Crippen LogP contribution in [0.5, 0.6) is 0 Å². The van der Waals surface area contributed by atoms with E-state index in [-0.39, 0.29) is 6.03 Å². The van der Waals surface area contributed by atoms with Gasteiger partial charge in [0.25, 0.3) is 0 Å². The molecule has 0 aromatic heterocycles. The van der Waals surface area contributed by atoms with Crippen LogP contribution in [-0.2, 0) is 11.2 Å². The van der Waals surface area contributed by atoms with Gasteiger partial charge in [0.05, 0.1) is 6.10 Å². The zero-order valence-corrected chi connectivity index (χ0v) is 15.3. The highest BCUT2D eigenvalue weighted by molar-refractivity contribution is 5.74. The van der Waals surface area contributed by atoms with E-state index >= 15 is 0 Å². The van der Waals surface area contributed by atoms with Crippen LogP contribution in [0.4, 0.5) is 4.79 Å². The summed E-state index contributed by atoms with van der Waals surface area (Å²) >= 11 is 0. The van der Waals surface area contributed by atoms with Gasteiger partial charge in [0.15, 0.2) is 0 Å². The fourth-order valence-electron chi connectivity index (χ4n) is 3.98. The Morgan fingerprint density at radius 2 is 1.76 bits per heavy atom. The van der Waals surface area contributed by atoms with Gasteiger partial charge in [0.2, 0.25) is 0 Å². The normalized spacial score (nSPS) is 20.6. The number of hydrogen-bond donors (Lipinski definition) is 1. The summed E-state index contributed by atoms with van der Waals surface area (Å²) in [6.45, 7) is 4.70. The van der Waals surface area contributed by atoms with Crippen LogP contribution in [0.1, 0.15) is 31.2 Å². The number of piperidine rings is 2. The highest BCUT2D eigenvalue weighted by Crippen LogP contribution is 2.22. The van der Waals surface area contributed by atoms with Crippen molar-refractivity contribution in [3.8, 4) is 0 Å². The number of ether oxygens (including phenoxy) is 1. The van der Waals surface area contributed by atoms with Crippen molar-refractivity contribution in [1.29, 1.82) is 0 Å². The number of hydrogen-bond acceptors (Lipinski definition) is 3. The summed E-state index contributed by atoms with van der Waals surface area (Å²) in [6.07, 6.45) is 5.77. The van der Waals surface area contributed by atoms with Crippen LogP contribution in [0.15, 0.2) is 30.3 Å². The standard InChI is InChI=1S/C20H31N3O2/c1-25-19-10-15-22(16-11-19)18-8-13-23(14-9-18)20(24)21-12-7-17-5-3-2-4-6-17/h2-6,18-19H,7-16H2,1H3,(H,21,24). The predicted octanol–water partition coefficient (Wildman–Crippen LogP) is 2.51. The number of carbonyl (C=O) groups is 1. The van der Waals surface area contributed by atoms with E-state index in [0.717, 1.165) is 58.3 Å². The molecule has 1 aromatic rings. The minimum atomic E-state index is 0.0903. The molecule has 0 radical (unpaired) electrons. The Kier molecular flexibility index (Phi) is 6.70.